The summed E-state index contributed by atoms with van der Waals surface area (Å²) in [5, 5.41) is 14.9. The van der Waals surface area contributed by atoms with Crippen molar-refractivity contribution in [3.63, 3.8) is 0 Å². The van der Waals surface area contributed by atoms with Gasteiger partial charge in [-0.25, -0.2) is 0 Å². The predicted octanol–water partition coefficient (Wildman–Crippen LogP) is 0.973. The van der Waals surface area contributed by atoms with Crippen molar-refractivity contribution in [1.82, 2.24) is 5.32 Å². The van der Waals surface area contributed by atoms with Crippen LogP contribution in [-0.4, -0.2) is 25.7 Å². The van der Waals surface area contributed by atoms with E-state index in [2.05, 4.69) is 10.6 Å². The number of nitriles is 1. The van der Waals surface area contributed by atoms with Crippen LogP contribution in [0.3, 0.4) is 0 Å². The highest BCUT2D eigenvalue weighted by Crippen LogP contribution is 2.16. The first kappa shape index (κ1) is 9.81. The SMILES string of the molecule is N#CCOc1ccc(NC2CNC2)cc1. The van der Waals surface area contributed by atoms with Crippen LogP contribution >= 0.6 is 0 Å². The summed E-state index contributed by atoms with van der Waals surface area (Å²) in [5.41, 5.74) is 1.09. The topological polar surface area (TPSA) is 57.1 Å². The summed E-state index contributed by atoms with van der Waals surface area (Å²) in [4.78, 5) is 0. The van der Waals surface area contributed by atoms with Crippen LogP contribution in [-0.2, 0) is 0 Å². The van der Waals surface area contributed by atoms with Gasteiger partial charge in [0.05, 0.1) is 6.04 Å². The second-order valence-corrected chi connectivity index (χ2v) is 3.47. The van der Waals surface area contributed by atoms with E-state index in [1.165, 1.54) is 0 Å². The maximum absolute atomic E-state index is 8.35. The molecule has 1 fully saturated rings. The van der Waals surface area contributed by atoms with Gasteiger partial charge in [0, 0.05) is 18.8 Å². The van der Waals surface area contributed by atoms with Gasteiger partial charge in [-0.1, -0.05) is 0 Å². The van der Waals surface area contributed by atoms with Gasteiger partial charge in [-0.05, 0) is 24.3 Å². The maximum atomic E-state index is 8.35. The average Bonchev–Trinajstić information content (AvgIpc) is 2.22. The Kier molecular flexibility index (Phi) is 3.05. The summed E-state index contributed by atoms with van der Waals surface area (Å²) in [7, 11) is 0. The number of hydrogen-bond donors (Lipinski definition) is 2. The zero-order chi connectivity index (χ0) is 10.5. The molecule has 0 amide bonds. The Labute approximate surface area is 88.9 Å². The van der Waals surface area contributed by atoms with Crippen molar-refractivity contribution < 1.29 is 4.74 Å². The number of rotatable bonds is 4. The Morgan fingerprint density at radius 2 is 2.13 bits per heavy atom. The van der Waals surface area contributed by atoms with E-state index in [-0.39, 0.29) is 6.61 Å². The fourth-order valence-corrected chi connectivity index (χ4v) is 1.39. The molecule has 1 aromatic carbocycles. The lowest BCUT2D eigenvalue weighted by Gasteiger charge is -2.28. The number of benzene rings is 1. The molecule has 0 saturated carbocycles. The van der Waals surface area contributed by atoms with Gasteiger partial charge >= 0.3 is 0 Å². The third-order valence-corrected chi connectivity index (χ3v) is 2.31. The Balaban J connectivity index is 1.88. The molecule has 1 saturated heterocycles. The summed E-state index contributed by atoms with van der Waals surface area (Å²) in [6.07, 6.45) is 0. The van der Waals surface area contributed by atoms with E-state index in [1.807, 2.05) is 30.3 Å². The molecule has 15 heavy (non-hydrogen) atoms. The van der Waals surface area contributed by atoms with Crippen LogP contribution in [0.1, 0.15) is 0 Å². The van der Waals surface area contributed by atoms with E-state index in [0.717, 1.165) is 24.5 Å². The number of anilines is 1. The molecule has 78 valence electrons. The number of nitrogens with one attached hydrogen (secondary N) is 2. The van der Waals surface area contributed by atoms with Crippen LogP contribution in [0, 0.1) is 11.3 Å². The average molecular weight is 203 g/mol. The van der Waals surface area contributed by atoms with Gasteiger partial charge in [0.25, 0.3) is 0 Å². The quantitative estimate of drug-likeness (QED) is 0.765. The normalized spacial score (nSPS) is 15.1. The van der Waals surface area contributed by atoms with Crippen molar-refractivity contribution in [1.29, 1.82) is 5.26 Å². The minimum Gasteiger partial charge on any atom is -0.479 e. The molecule has 0 aliphatic carbocycles. The van der Waals surface area contributed by atoms with Gasteiger partial charge in [0.2, 0.25) is 0 Å². The van der Waals surface area contributed by atoms with Crippen molar-refractivity contribution in [2.45, 2.75) is 6.04 Å². The van der Waals surface area contributed by atoms with E-state index >= 15 is 0 Å². The maximum Gasteiger partial charge on any atom is 0.174 e. The lowest BCUT2D eigenvalue weighted by molar-refractivity contribution is 0.368. The van der Waals surface area contributed by atoms with Crippen molar-refractivity contribution in [3.8, 4) is 11.8 Å². The van der Waals surface area contributed by atoms with Crippen molar-refractivity contribution in [2.24, 2.45) is 0 Å². The van der Waals surface area contributed by atoms with E-state index in [0.29, 0.717) is 6.04 Å². The molecule has 0 bridgehead atoms. The Morgan fingerprint density at radius 3 is 2.67 bits per heavy atom. The van der Waals surface area contributed by atoms with Crippen LogP contribution in [0.25, 0.3) is 0 Å². The van der Waals surface area contributed by atoms with Crippen LogP contribution in [0.4, 0.5) is 5.69 Å². The lowest BCUT2D eigenvalue weighted by Crippen LogP contribution is -2.51. The van der Waals surface area contributed by atoms with Crippen molar-refractivity contribution in [2.75, 3.05) is 25.0 Å². The minimum absolute atomic E-state index is 0.0965. The van der Waals surface area contributed by atoms with Gasteiger partial charge in [-0.3, -0.25) is 0 Å². The Bertz CT molecular complexity index is 351. The van der Waals surface area contributed by atoms with Crippen LogP contribution in [0.5, 0.6) is 5.75 Å². The molecule has 0 atom stereocenters. The fraction of sp³-hybridized carbons (Fsp3) is 0.364. The first-order valence-electron chi connectivity index (χ1n) is 4.95. The van der Waals surface area contributed by atoms with E-state index in [9.17, 15) is 0 Å². The number of nitrogens with zero attached hydrogens (tertiary/aromatic N) is 1. The molecule has 0 unspecified atom stereocenters. The molecule has 0 radical (unpaired) electrons. The van der Waals surface area contributed by atoms with Gasteiger partial charge in [-0.15, -0.1) is 0 Å². The van der Waals surface area contributed by atoms with Gasteiger partial charge in [0.1, 0.15) is 11.8 Å². The number of hydrogen-bond acceptors (Lipinski definition) is 4. The predicted molar refractivity (Wildman–Crippen MR) is 57.8 cm³/mol. The number of ether oxygens (including phenoxy) is 1. The summed E-state index contributed by atoms with van der Waals surface area (Å²) in [5.74, 6) is 0.730. The molecular formula is C11H13N3O. The van der Waals surface area contributed by atoms with E-state index < -0.39 is 0 Å². The molecule has 2 N–H and O–H groups in total. The van der Waals surface area contributed by atoms with Crippen molar-refractivity contribution in [3.05, 3.63) is 24.3 Å². The summed E-state index contributed by atoms with van der Waals surface area (Å²) in [6, 6.07) is 10.1. The van der Waals surface area contributed by atoms with Crippen LogP contribution in [0.15, 0.2) is 24.3 Å². The fourth-order valence-electron chi connectivity index (χ4n) is 1.39. The molecule has 2 rings (SSSR count). The van der Waals surface area contributed by atoms with Gasteiger partial charge < -0.3 is 15.4 Å². The molecule has 1 aromatic rings. The van der Waals surface area contributed by atoms with E-state index in [4.69, 9.17) is 10.00 Å². The summed E-state index contributed by atoms with van der Waals surface area (Å²) in [6.45, 7) is 2.14. The van der Waals surface area contributed by atoms with Crippen LogP contribution < -0.4 is 15.4 Å². The molecule has 0 aromatic heterocycles. The smallest absolute Gasteiger partial charge is 0.174 e. The molecule has 1 aliphatic heterocycles. The third-order valence-electron chi connectivity index (χ3n) is 2.31. The first-order chi connectivity index (χ1) is 7.38. The summed E-state index contributed by atoms with van der Waals surface area (Å²) < 4.78 is 5.15. The van der Waals surface area contributed by atoms with Crippen LogP contribution in [0.2, 0.25) is 0 Å². The standard InChI is InChI=1S/C11H13N3O/c12-5-6-15-11-3-1-9(2-4-11)14-10-7-13-8-10/h1-4,10,13-14H,6-8H2. The molecule has 4 heteroatoms. The van der Waals surface area contributed by atoms with Gasteiger partial charge in [0.15, 0.2) is 6.61 Å². The highest BCUT2D eigenvalue weighted by Gasteiger charge is 2.15. The van der Waals surface area contributed by atoms with E-state index in [1.54, 1.807) is 0 Å². The first-order valence-corrected chi connectivity index (χ1v) is 4.95. The monoisotopic (exact) mass is 203 g/mol. The summed E-state index contributed by atoms with van der Waals surface area (Å²) >= 11 is 0. The molecule has 1 aliphatic rings. The zero-order valence-corrected chi connectivity index (χ0v) is 8.36. The largest absolute Gasteiger partial charge is 0.479 e. The second kappa shape index (κ2) is 4.67. The molecular weight excluding hydrogens is 190 g/mol. The lowest BCUT2D eigenvalue weighted by atomic mass is 10.1. The Hall–Kier alpha value is -1.73. The minimum atomic E-state index is 0.0965. The molecule has 4 nitrogen and oxygen atoms in total. The zero-order valence-electron chi connectivity index (χ0n) is 8.36. The second-order valence-electron chi connectivity index (χ2n) is 3.47. The molecule has 0 spiro atoms. The van der Waals surface area contributed by atoms with Crippen molar-refractivity contribution >= 4 is 5.69 Å². The molecule has 1 heterocycles. The van der Waals surface area contributed by atoms with Gasteiger partial charge in [-0.2, -0.15) is 5.26 Å². The third kappa shape index (κ3) is 2.61. The highest BCUT2D eigenvalue weighted by molar-refractivity contribution is 5.47. The highest BCUT2D eigenvalue weighted by atomic mass is 16.5. The Morgan fingerprint density at radius 1 is 1.40 bits per heavy atom.